The fourth-order valence-corrected chi connectivity index (χ4v) is 6.66. The summed E-state index contributed by atoms with van der Waals surface area (Å²) in [5, 5.41) is 18.2. The molecule has 0 bridgehead atoms. The van der Waals surface area contributed by atoms with Crippen molar-refractivity contribution in [2.75, 3.05) is 55.8 Å². The van der Waals surface area contributed by atoms with Crippen LogP contribution < -0.4 is 36.6 Å². The number of methoxy groups -OCH3 is 1. The molecule has 274 valence electrons. The molecule has 2 aromatic carbocycles. The molecule has 0 saturated carbocycles. The van der Waals surface area contributed by atoms with Gasteiger partial charge in [-0.3, -0.25) is 33.7 Å². The van der Waals surface area contributed by atoms with Gasteiger partial charge in [0.2, 0.25) is 11.8 Å². The minimum Gasteiger partial charge on any atom is -0.492 e. The summed E-state index contributed by atoms with van der Waals surface area (Å²) < 4.78 is 44.8. The number of aromatic nitrogens is 5. The molecule has 53 heavy (non-hydrogen) atoms. The topological polar surface area (TPSA) is 181 Å². The van der Waals surface area contributed by atoms with E-state index in [0.717, 1.165) is 37.4 Å². The summed E-state index contributed by atoms with van der Waals surface area (Å²) in [5.74, 6) is -1.97. The average Bonchev–Trinajstić information content (AvgIpc) is 3.40. The Kier molecular flexibility index (Phi) is 8.71. The normalized spacial score (nSPS) is 17.5. The lowest BCUT2D eigenvalue weighted by molar-refractivity contribution is -0.135. The number of rotatable bonds is 10. The summed E-state index contributed by atoms with van der Waals surface area (Å²) >= 11 is 0. The monoisotopic (exact) mass is 726 g/mol. The summed E-state index contributed by atoms with van der Waals surface area (Å²) in [7, 11) is 2.97. The molecule has 2 fully saturated rings. The highest BCUT2D eigenvalue weighted by Crippen LogP contribution is 2.32. The number of pyridine rings is 1. The number of amides is 3. The van der Waals surface area contributed by atoms with Crippen LogP contribution in [-0.4, -0.2) is 87.2 Å². The maximum Gasteiger partial charge on any atom is 0.329 e. The average molecular weight is 727 g/mol. The Balaban J connectivity index is 0.994. The molecule has 2 saturated heterocycles. The lowest BCUT2D eigenvalue weighted by atomic mass is 10.1. The second kappa shape index (κ2) is 14.7. The quantitative estimate of drug-likeness (QED) is 0.155. The molecule has 17 heteroatoms. The van der Waals surface area contributed by atoms with Gasteiger partial charge in [0.05, 0.1) is 29.5 Å². The molecule has 5 aromatic rings. The van der Waals surface area contributed by atoms with E-state index in [2.05, 4.69) is 40.9 Å². The number of piperazine rings is 1. The number of nitrogens with one attached hydrogen (secondary N) is 4. The minimum absolute atomic E-state index is 0.0403. The molecule has 7 rings (SSSR count). The number of anilines is 5. The van der Waals surface area contributed by atoms with Crippen molar-refractivity contribution in [1.82, 2.24) is 39.8 Å². The largest absolute Gasteiger partial charge is 0.492 e. The number of aryl methyl sites for hydroxylation is 1. The van der Waals surface area contributed by atoms with E-state index in [0.29, 0.717) is 23.4 Å². The maximum absolute atomic E-state index is 14.4. The van der Waals surface area contributed by atoms with Crippen molar-refractivity contribution in [2.24, 2.45) is 7.05 Å². The van der Waals surface area contributed by atoms with Gasteiger partial charge in [0.1, 0.15) is 11.9 Å². The molecule has 3 aromatic heterocycles. The third-order valence-corrected chi connectivity index (χ3v) is 9.38. The van der Waals surface area contributed by atoms with E-state index in [1.807, 2.05) is 29.6 Å². The molecule has 2 aliphatic heterocycles. The number of benzene rings is 2. The van der Waals surface area contributed by atoms with Gasteiger partial charge >= 0.3 is 5.69 Å². The summed E-state index contributed by atoms with van der Waals surface area (Å²) in [6.45, 7) is 0.916. The maximum atomic E-state index is 14.4. The van der Waals surface area contributed by atoms with E-state index in [1.54, 1.807) is 19.3 Å². The SMILES string of the molecule is [2H]C([2H])([2H])NC(=O)c1nnc(Nc2ccc(CN3CCN(c4ccc5c(c4)n(C)c(=O)n5C4CCC(=O)NC4=O)CC3)cn2)cc1Nc1cccc(F)c1OC. The highest BCUT2D eigenvalue weighted by Gasteiger charge is 2.31. The lowest BCUT2D eigenvalue weighted by Crippen LogP contribution is -2.46. The van der Waals surface area contributed by atoms with Gasteiger partial charge in [-0.05, 0) is 48.4 Å². The van der Waals surface area contributed by atoms with Gasteiger partial charge in [-0.2, -0.15) is 0 Å². The Hall–Kier alpha value is -6.36. The molecule has 0 spiro atoms. The van der Waals surface area contributed by atoms with Gasteiger partial charge in [-0.1, -0.05) is 12.1 Å². The predicted molar refractivity (Wildman–Crippen MR) is 195 cm³/mol. The molecule has 2 aliphatic rings. The van der Waals surface area contributed by atoms with Crippen molar-refractivity contribution in [2.45, 2.75) is 25.4 Å². The van der Waals surface area contributed by atoms with Crippen LogP contribution in [0.5, 0.6) is 5.75 Å². The summed E-state index contributed by atoms with van der Waals surface area (Å²) in [5.41, 5.74) is 2.86. The lowest BCUT2D eigenvalue weighted by Gasteiger charge is -2.36. The summed E-state index contributed by atoms with van der Waals surface area (Å²) in [4.78, 5) is 59.3. The van der Waals surface area contributed by atoms with Crippen LogP contribution in [0.1, 0.15) is 39.0 Å². The van der Waals surface area contributed by atoms with Crippen LogP contribution >= 0.6 is 0 Å². The summed E-state index contributed by atoms with van der Waals surface area (Å²) in [6, 6.07) is 14.3. The van der Waals surface area contributed by atoms with Crippen LogP contribution in [0, 0.1) is 5.82 Å². The second-order valence-corrected chi connectivity index (χ2v) is 12.7. The Morgan fingerprint density at radius 2 is 1.83 bits per heavy atom. The zero-order valence-corrected chi connectivity index (χ0v) is 28.9. The number of hydrogen-bond donors (Lipinski definition) is 4. The van der Waals surface area contributed by atoms with Gasteiger partial charge in [-0.15, -0.1) is 10.2 Å². The van der Waals surface area contributed by atoms with Crippen molar-refractivity contribution in [3.8, 4) is 5.75 Å². The number of para-hydroxylation sites is 1. The molecule has 0 aliphatic carbocycles. The molecular weight excluding hydrogens is 685 g/mol. The molecule has 1 unspecified atom stereocenters. The molecule has 4 N–H and O–H groups in total. The van der Waals surface area contributed by atoms with Crippen LogP contribution in [0.25, 0.3) is 11.0 Å². The first kappa shape index (κ1) is 31.4. The first-order chi connectivity index (χ1) is 26.8. The predicted octanol–water partition coefficient (Wildman–Crippen LogP) is 2.82. The van der Waals surface area contributed by atoms with Gasteiger partial charge in [0.15, 0.2) is 23.1 Å². The minimum atomic E-state index is -2.78. The number of carbonyl (C=O) groups is 3. The van der Waals surface area contributed by atoms with Crippen LogP contribution in [-0.2, 0) is 23.2 Å². The number of imide groups is 1. The van der Waals surface area contributed by atoms with E-state index in [9.17, 15) is 23.6 Å². The van der Waals surface area contributed by atoms with Gasteiger partial charge in [-0.25, -0.2) is 14.2 Å². The number of imidazole rings is 1. The number of hydrogen-bond acceptors (Lipinski definition) is 12. The van der Waals surface area contributed by atoms with E-state index < -0.39 is 30.6 Å². The Morgan fingerprint density at radius 3 is 2.57 bits per heavy atom. The second-order valence-electron chi connectivity index (χ2n) is 12.7. The molecule has 5 heterocycles. The highest BCUT2D eigenvalue weighted by molar-refractivity contribution is 6.00. The number of halogens is 1. The smallest absolute Gasteiger partial charge is 0.329 e. The van der Waals surface area contributed by atoms with Crippen molar-refractivity contribution < 1.29 is 27.6 Å². The Bertz CT molecular complexity index is 2380. The molecule has 1 atom stereocenters. The van der Waals surface area contributed by atoms with E-state index in [4.69, 9.17) is 8.85 Å². The van der Waals surface area contributed by atoms with Crippen molar-refractivity contribution in [3.05, 3.63) is 88.4 Å². The zero-order chi connectivity index (χ0) is 39.7. The first-order valence-corrected chi connectivity index (χ1v) is 16.8. The van der Waals surface area contributed by atoms with Crippen LogP contribution in [0.3, 0.4) is 0 Å². The first-order valence-electron chi connectivity index (χ1n) is 18.3. The van der Waals surface area contributed by atoms with Crippen molar-refractivity contribution in [3.63, 3.8) is 0 Å². The van der Waals surface area contributed by atoms with Crippen molar-refractivity contribution >= 4 is 57.5 Å². The van der Waals surface area contributed by atoms with E-state index in [-0.39, 0.29) is 53.1 Å². The van der Waals surface area contributed by atoms with E-state index >= 15 is 0 Å². The molecule has 16 nitrogen and oxygen atoms in total. The third kappa shape index (κ3) is 7.10. The summed E-state index contributed by atoms with van der Waals surface area (Å²) in [6.07, 6.45) is 2.19. The Labute approximate surface area is 307 Å². The van der Waals surface area contributed by atoms with E-state index in [1.165, 1.54) is 40.5 Å². The molecule has 0 radical (unpaired) electrons. The third-order valence-electron chi connectivity index (χ3n) is 9.38. The van der Waals surface area contributed by atoms with Crippen LogP contribution in [0.2, 0.25) is 0 Å². The molecular formula is C36H38FN11O5. The fourth-order valence-electron chi connectivity index (χ4n) is 6.66. The molecule has 3 amide bonds. The number of fused-ring (bicyclic) bond motifs is 1. The Morgan fingerprint density at radius 1 is 1.00 bits per heavy atom. The number of piperidine rings is 1. The number of ether oxygens (including phenoxy) is 1. The highest BCUT2D eigenvalue weighted by atomic mass is 19.1. The van der Waals surface area contributed by atoms with Crippen molar-refractivity contribution in [1.29, 1.82) is 0 Å². The van der Waals surface area contributed by atoms with Gasteiger partial charge < -0.3 is 25.6 Å². The number of nitrogens with zero attached hydrogens (tertiary/aromatic N) is 7. The zero-order valence-electron chi connectivity index (χ0n) is 31.9. The standard InChI is InChI=1S/C36H38FN11O5/c1-38-35(51)32-25(40-24-6-4-5-23(37)33(24)53-3)18-30(43-44-32)41-29-11-7-21(19-39-29)20-46-13-15-47(16-14-46)22-8-9-26-28(17-22)45(2)36(52)48(26)27-10-12-31(49)42-34(27)50/h4-9,11,17-19,27H,10,12-16,20H2,1-3H3,(H,38,51)(H,42,49,50)(H2,39,40,41,43)/i1D3. The number of carbonyl (C=O) groups excluding carboxylic acids is 3. The van der Waals surface area contributed by atoms with Crippen LogP contribution in [0.15, 0.2) is 65.6 Å². The fraction of sp³-hybridized carbons (Fsp3) is 0.306. The van der Waals surface area contributed by atoms with Gasteiger partial charge in [0.25, 0.3) is 5.91 Å². The van der Waals surface area contributed by atoms with Crippen LogP contribution in [0.4, 0.5) is 33.1 Å². The van der Waals surface area contributed by atoms with Gasteiger partial charge in [0, 0.05) is 75.2 Å².